The second kappa shape index (κ2) is 6.30. The molecule has 0 spiro atoms. The summed E-state index contributed by atoms with van der Waals surface area (Å²) in [6, 6.07) is 11.3. The zero-order chi connectivity index (χ0) is 17.1. The minimum atomic E-state index is -0.486. The molecule has 24 heavy (non-hydrogen) atoms. The third-order valence-electron chi connectivity index (χ3n) is 3.53. The van der Waals surface area contributed by atoms with Gasteiger partial charge >= 0.3 is 0 Å². The Morgan fingerprint density at radius 2 is 1.96 bits per heavy atom. The lowest BCUT2D eigenvalue weighted by molar-refractivity contribution is -0.384. The molecule has 0 amide bonds. The summed E-state index contributed by atoms with van der Waals surface area (Å²) < 4.78 is 16.0. The average molecular weight is 324 g/mol. The van der Waals surface area contributed by atoms with Gasteiger partial charge < -0.3 is 14.2 Å². The maximum atomic E-state index is 10.7. The molecule has 0 aromatic heterocycles. The van der Waals surface area contributed by atoms with Gasteiger partial charge in [0.1, 0.15) is 5.75 Å². The van der Waals surface area contributed by atoms with Crippen LogP contribution in [0.5, 0.6) is 17.2 Å². The average Bonchev–Trinajstić information content (AvgIpc) is 3.06. The minimum absolute atomic E-state index is 0.0308. The van der Waals surface area contributed by atoms with E-state index in [2.05, 4.69) is 6.07 Å². The number of nitro benzene ring substituents is 1. The molecule has 0 aliphatic carbocycles. The first kappa shape index (κ1) is 15.4. The number of nitriles is 1. The van der Waals surface area contributed by atoms with Gasteiger partial charge in [-0.3, -0.25) is 10.1 Å². The van der Waals surface area contributed by atoms with Crippen molar-refractivity contribution in [2.75, 3.05) is 13.9 Å². The Bertz CT molecular complexity index is 866. The molecule has 0 radical (unpaired) electrons. The number of allylic oxidation sites excluding steroid dienone is 1. The standard InChI is InChI=1S/C17H12N2O5/c1-22-15-8-17-16(23-10-24-17)7-12(15)6-13(9-18)11-2-4-14(5-3-11)19(20)21/h2-8H,10H2,1H3. The number of ether oxygens (including phenoxy) is 3. The highest BCUT2D eigenvalue weighted by molar-refractivity contribution is 5.91. The Morgan fingerprint density at radius 1 is 1.29 bits per heavy atom. The van der Waals surface area contributed by atoms with Crippen LogP contribution in [0, 0.1) is 21.4 Å². The summed E-state index contributed by atoms with van der Waals surface area (Å²) in [5, 5.41) is 20.1. The molecule has 0 bridgehead atoms. The minimum Gasteiger partial charge on any atom is -0.496 e. The number of hydrogen-bond acceptors (Lipinski definition) is 6. The normalized spacial score (nSPS) is 12.6. The molecule has 7 heteroatoms. The van der Waals surface area contributed by atoms with Crippen molar-refractivity contribution in [1.82, 2.24) is 0 Å². The topological polar surface area (TPSA) is 94.6 Å². The summed E-state index contributed by atoms with van der Waals surface area (Å²) in [4.78, 5) is 10.2. The van der Waals surface area contributed by atoms with Gasteiger partial charge in [-0.05, 0) is 29.8 Å². The van der Waals surface area contributed by atoms with E-state index in [0.29, 0.717) is 33.9 Å². The Labute approximate surface area is 137 Å². The predicted molar refractivity (Wildman–Crippen MR) is 85.7 cm³/mol. The van der Waals surface area contributed by atoms with Crippen LogP contribution in [0.2, 0.25) is 0 Å². The van der Waals surface area contributed by atoms with Crippen LogP contribution in [0.1, 0.15) is 11.1 Å². The SMILES string of the molecule is COc1cc2c(cc1C=C(C#N)c1ccc([N+](=O)[O-])cc1)OCO2. The van der Waals surface area contributed by atoms with Gasteiger partial charge in [0, 0.05) is 23.8 Å². The third kappa shape index (κ3) is 2.85. The molecule has 1 aliphatic heterocycles. The van der Waals surface area contributed by atoms with E-state index in [1.807, 2.05) is 0 Å². The molecular weight excluding hydrogens is 312 g/mol. The Balaban J connectivity index is 2.02. The van der Waals surface area contributed by atoms with Crippen LogP contribution < -0.4 is 14.2 Å². The van der Waals surface area contributed by atoms with E-state index in [-0.39, 0.29) is 12.5 Å². The molecule has 2 aromatic carbocycles. The molecule has 0 unspecified atom stereocenters. The number of nitrogens with zero attached hydrogens (tertiary/aromatic N) is 2. The molecule has 2 aromatic rings. The number of benzene rings is 2. The van der Waals surface area contributed by atoms with Crippen molar-refractivity contribution in [1.29, 1.82) is 5.26 Å². The fourth-order valence-corrected chi connectivity index (χ4v) is 2.33. The summed E-state index contributed by atoms with van der Waals surface area (Å²) in [5.74, 6) is 1.69. The zero-order valence-corrected chi connectivity index (χ0v) is 12.7. The van der Waals surface area contributed by atoms with E-state index in [9.17, 15) is 15.4 Å². The molecule has 0 saturated carbocycles. The molecule has 3 rings (SSSR count). The van der Waals surface area contributed by atoms with Crippen LogP contribution in [-0.2, 0) is 0 Å². The van der Waals surface area contributed by atoms with Gasteiger partial charge in [-0.25, -0.2) is 0 Å². The highest BCUT2D eigenvalue weighted by Gasteiger charge is 2.17. The van der Waals surface area contributed by atoms with Crippen molar-refractivity contribution >= 4 is 17.3 Å². The molecule has 1 heterocycles. The Hall–Kier alpha value is -3.53. The first-order valence-electron chi connectivity index (χ1n) is 6.96. The van der Waals surface area contributed by atoms with E-state index < -0.39 is 4.92 Å². The van der Waals surface area contributed by atoms with E-state index in [1.54, 1.807) is 18.2 Å². The van der Waals surface area contributed by atoms with Gasteiger partial charge in [-0.2, -0.15) is 5.26 Å². The van der Waals surface area contributed by atoms with Gasteiger partial charge in [-0.1, -0.05) is 0 Å². The summed E-state index contributed by atoms with van der Waals surface area (Å²) in [5.41, 5.74) is 1.54. The van der Waals surface area contributed by atoms with Crippen molar-refractivity contribution in [3.63, 3.8) is 0 Å². The second-order valence-corrected chi connectivity index (χ2v) is 4.92. The predicted octanol–water partition coefficient (Wildman–Crippen LogP) is 3.40. The number of rotatable bonds is 4. The zero-order valence-electron chi connectivity index (χ0n) is 12.7. The molecule has 1 aliphatic rings. The van der Waals surface area contributed by atoms with Crippen LogP contribution in [0.3, 0.4) is 0 Å². The lowest BCUT2D eigenvalue weighted by Crippen LogP contribution is -1.92. The highest BCUT2D eigenvalue weighted by Crippen LogP contribution is 2.39. The molecule has 0 N–H and O–H groups in total. The first-order chi connectivity index (χ1) is 11.6. The van der Waals surface area contributed by atoms with E-state index in [4.69, 9.17) is 14.2 Å². The monoisotopic (exact) mass is 324 g/mol. The Morgan fingerprint density at radius 3 is 2.54 bits per heavy atom. The fourth-order valence-electron chi connectivity index (χ4n) is 2.33. The summed E-state index contributed by atoms with van der Waals surface area (Å²) in [6.07, 6.45) is 1.64. The first-order valence-corrected chi connectivity index (χ1v) is 6.96. The van der Waals surface area contributed by atoms with Gasteiger partial charge in [0.25, 0.3) is 5.69 Å². The largest absolute Gasteiger partial charge is 0.496 e. The van der Waals surface area contributed by atoms with Gasteiger partial charge in [-0.15, -0.1) is 0 Å². The maximum absolute atomic E-state index is 10.7. The van der Waals surface area contributed by atoms with Crippen LogP contribution in [-0.4, -0.2) is 18.8 Å². The van der Waals surface area contributed by atoms with Gasteiger partial charge in [0.05, 0.1) is 23.7 Å². The van der Waals surface area contributed by atoms with Crippen molar-refractivity contribution in [3.05, 3.63) is 57.6 Å². The summed E-state index contributed by atoms with van der Waals surface area (Å²) >= 11 is 0. The van der Waals surface area contributed by atoms with E-state index in [0.717, 1.165) is 0 Å². The fraction of sp³-hybridized carbons (Fsp3) is 0.118. The number of nitro groups is 1. The maximum Gasteiger partial charge on any atom is 0.269 e. The molecule has 0 fully saturated rings. The molecular formula is C17H12N2O5. The second-order valence-electron chi connectivity index (χ2n) is 4.92. The third-order valence-corrected chi connectivity index (χ3v) is 3.53. The number of fused-ring (bicyclic) bond motifs is 1. The smallest absolute Gasteiger partial charge is 0.269 e. The van der Waals surface area contributed by atoms with Crippen molar-refractivity contribution in [3.8, 4) is 23.3 Å². The summed E-state index contributed by atoms with van der Waals surface area (Å²) in [7, 11) is 1.52. The van der Waals surface area contributed by atoms with Crippen molar-refractivity contribution in [2.45, 2.75) is 0 Å². The van der Waals surface area contributed by atoms with Crippen LogP contribution >= 0.6 is 0 Å². The lowest BCUT2D eigenvalue weighted by atomic mass is 10.0. The quantitative estimate of drug-likeness (QED) is 0.370. The highest BCUT2D eigenvalue weighted by atomic mass is 16.7. The van der Waals surface area contributed by atoms with E-state index >= 15 is 0 Å². The van der Waals surface area contributed by atoms with Crippen LogP contribution in [0.15, 0.2) is 36.4 Å². The van der Waals surface area contributed by atoms with Gasteiger partial charge in [0.15, 0.2) is 11.5 Å². The lowest BCUT2D eigenvalue weighted by Gasteiger charge is -2.07. The van der Waals surface area contributed by atoms with Crippen molar-refractivity contribution in [2.24, 2.45) is 0 Å². The molecule has 0 atom stereocenters. The molecule has 120 valence electrons. The van der Waals surface area contributed by atoms with Gasteiger partial charge in [0.2, 0.25) is 6.79 Å². The number of methoxy groups -OCH3 is 1. The summed E-state index contributed by atoms with van der Waals surface area (Å²) in [6.45, 7) is 0.138. The number of non-ortho nitro benzene ring substituents is 1. The van der Waals surface area contributed by atoms with Crippen LogP contribution in [0.4, 0.5) is 5.69 Å². The van der Waals surface area contributed by atoms with Crippen molar-refractivity contribution < 1.29 is 19.1 Å². The Kier molecular flexibility index (Phi) is 4.03. The van der Waals surface area contributed by atoms with Crippen LogP contribution in [0.25, 0.3) is 11.6 Å². The number of hydrogen-bond donors (Lipinski definition) is 0. The van der Waals surface area contributed by atoms with E-state index in [1.165, 1.54) is 31.4 Å². The molecule has 7 nitrogen and oxygen atoms in total. The molecule has 0 saturated heterocycles.